The number of rotatable bonds is 4. The largest absolute Gasteiger partial charge is 0.367 e. The van der Waals surface area contributed by atoms with Crippen LogP contribution in [0, 0.1) is 0 Å². The van der Waals surface area contributed by atoms with E-state index in [1.807, 2.05) is 31.5 Å². The molecule has 2 unspecified atom stereocenters. The zero-order valence-corrected chi connectivity index (χ0v) is 16.8. The molecule has 4 rings (SSSR count). The predicted octanol–water partition coefficient (Wildman–Crippen LogP) is 2.63. The third-order valence-electron chi connectivity index (χ3n) is 5.81. The number of aryl methyl sites for hydroxylation is 1. The van der Waals surface area contributed by atoms with Gasteiger partial charge in [-0.3, -0.25) is 14.4 Å². The molecule has 0 radical (unpaired) electrons. The Labute approximate surface area is 169 Å². The zero-order valence-electron chi connectivity index (χ0n) is 16.0. The second kappa shape index (κ2) is 6.99. The molecular formula is C20H24ClN5O2. The van der Waals surface area contributed by atoms with E-state index in [9.17, 15) is 4.79 Å². The lowest BCUT2D eigenvalue weighted by Gasteiger charge is -2.48. The number of ether oxygens (including phenoxy) is 1. The summed E-state index contributed by atoms with van der Waals surface area (Å²) in [5.41, 5.74) is 7.62. The summed E-state index contributed by atoms with van der Waals surface area (Å²) in [5.74, 6) is -0.488. The minimum Gasteiger partial charge on any atom is -0.367 e. The quantitative estimate of drug-likeness (QED) is 0.796. The van der Waals surface area contributed by atoms with E-state index in [-0.39, 0.29) is 12.1 Å². The Morgan fingerprint density at radius 1 is 1.50 bits per heavy atom. The monoisotopic (exact) mass is 401 g/mol. The number of likely N-dealkylation sites (tertiary alicyclic amines) is 1. The van der Waals surface area contributed by atoms with Gasteiger partial charge in [0.05, 0.1) is 17.3 Å². The molecule has 1 aromatic carbocycles. The number of amides is 1. The van der Waals surface area contributed by atoms with E-state index in [4.69, 9.17) is 22.1 Å². The van der Waals surface area contributed by atoms with Crippen molar-refractivity contribution in [1.82, 2.24) is 19.9 Å². The summed E-state index contributed by atoms with van der Waals surface area (Å²) in [6.07, 6.45) is 4.39. The maximum atomic E-state index is 12.1. The minimum atomic E-state index is -0.770. The van der Waals surface area contributed by atoms with Gasteiger partial charge in [-0.25, -0.2) is 0 Å². The van der Waals surface area contributed by atoms with Crippen LogP contribution in [-0.4, -0.2) is 38.4 Å². The summed E-state index contributed by atoms with van der Waals surface area (Å²) >= 11 is 6.30. The number of nitrogens with zero attached hydrogens (tertiary/aromatic N) is 4. The van der Waals surface area contributed by atoms with Crippen molar-refractivity contribution in [2.45, 2.75) is 43.6 Å². The minimum absolute atomic E-state index is 0.0334. The molecule has 2 aromatic rings. The number of fused-ring (bicyclic) bond motifs is 2. The lowest BCUT2D eigenvalue weighted by molar-refractivity contribution is -0.157. The summed E-state index contributed by atoms with van der Waals surface area (Å²) < 4.78 is 8.09. The molecule has 0 aliphatic carbocycles. The maximum absolute atomic E-state index is 12.1. The van der Waals surface area contributed by atoms with Crippen LogP contribution in [0.4, 0.5) is 0 Å². The Kier molecular flexibility index (Phi) is 4.77. The van der Waals surface area contributed by atoms with Gasteiger partial charge in [0, 0.05) is 37.3 Å². The number of piperidine rings is 1. The highest BCUT2D eigenvalue weighted by Crippen LogP contribution is 2.55. The highest BCUT2D eigenvalue weighted by molar-refractivity contribution is 6.30. The van der Waals surface area contributed by atoms with Crippen LogP contribution in [0.1, 0.15) is 48.7 Å². The Bertz CT molecular complexity index is 929. The van der Waals surface area contributed by atoms with Gasteiger partial charge in [-0.2, -0.15) is 0 Å². The molecule has 1 spiro atoms. The number of nitrogens with two attached hydrogens (primary N) is 1. The Morgan fingerprint density at radius 2 is 2.29 bits per heavy atom. The molecule has 28 heavy (non-hydrogen) atoms. The number of halogens is 1. The van der Waals surface area contributed by atoms with Gasteiger partial charge in [0.15, 0.2) is 6.10 Å². The van der Waals surface area contributed by atoms with Crippen LogP contribution in [0.2, 0.25) is 5.02 Å². The van der Waals surface area contributed by atoms with Crippen molar-refractivity contribution < 1.29 is 9.53 Å². The SMILES string of the molecule is C=CCN1[C@@H](C)CC2(C[C@H]1c1cn(C)nn1)OC(C(N)=O)c1ccc(Cl)cc12. The summed E-state index contributed by atoms with van der Waals surface area (Å²) in [5, 5.41) is 9.07. The zero-order chi connectivity index (χ0) is 20.1. The molecule has 0 saturated carbocycles. The first-order valence-electron chi connectivity index (χ1n) is 9.34. The first kappa shape index (κ1) is 19.1. The van der Waals surface area contributed by atoms with E-state index in [0.717, 1.165) is 23.4 Å². The highest BCUT2D eigenvalue weighted by atomic mass is 35.5. The second-order valence-corrected chi connectivity index (χ2v) is 8.14. The maximum Gasteiger partial charge on any atom is 0.251 e. The molecule has 7 nitrogen and oxygen atoms in total. The molecule has 0 bridgehead atoms. The standard InChI is InChI=1S/C20H24ClN5O2/c1-4-7-26-12(2)9-20(10-17(26)16-11-25(3)24-23-16)15-8-13(21)5-6-14(15)18(28-20)19(22)27/h4-6,8,11-12,17-18H,1,7,9-10H2,2-3H3,(H2,22,27)/t12-,17-,18?,20?/m0/s1. The Morgan fingerprint density at radius 3 is 2.93 bits per heavy atom. The average molecular weight is 402 g/mol. The lowest BCUT2D eigenvalue weighted by Crippen LogP contribution is -2.50. The third-order valence-corrected chi connectivity index (χ3v) is 6.04. The van der Waals surface area contributed by atoms with Crippen LogP contribution in [-0.2, 0) is 22.2 Å². The Balaban J connectivity index is 1.81. The van der Waals surface area contributed by atoms with Crippen LogP contribution in [0.5, 0.6) is 0 Å². The molecule has 2 aliphatic heterocycles. The molecule has 1 saturated heterocycles. The fourth-order valence-corrected chi connectivity index (χ4v) is 4.87. The van der Waals surface area contributed by atoms with Gasteiger partial charge in [0.1, 0.15) is 0 Å². The van der Waals surface area contributed by atoms with Gasteiger partial charge in [-0.05, 0) is 36.6 Å². The van der Waals surface area contributed by atoms with Crippen molar-refractivity contribution in [3.63, 3.8) is 0 Å². The van der Waals surface area contributed by atoms with E-state index in [1.54, 1.807) is 10.7 Å². The molecule has 2 aliphatic rings. The predicted molar refractivity (Wildman–Crippen MR) is 105 cm³/mol. The van der Waals surface area contributed by atoms with Crippen LogP contribution >= 0.6 is 11.6 Å². The molecular weight excluding hydrogens is 378 g/mol. The van der Waals surface area contributed by atoms with Gasteiger partial charge >= 0.3 is 0 Å². The van der Waals surface area contributed by atoms with E-state index < -0.39 is 17.6 Å². The molecule has 4 atom stereocenters. The number of hydrogen-bond donors (Lipinski definition) is 1. The number of hydrogen-bond acceptors (Lipinski definition) is 5. The molecule has 1 fully saturated rings. The molecule has 1 aromatic heterocycles. The number of carbonyl (C=O) groups is 1. The molecule has 3 heterocycles. The first-order chi connectivity index (χ1) is 13.3. The molecule has 1 amide bonds. The van der Waals surface area contributed by atoms with Crippen LogP contribution < -0.4 is 5.73 Å². The third kappa shape index (κ3) is 3.03. The van der Waals surface area contributed by atoms with Crippen molar-refractivity contribution in [2.24, 2.45) is 12.8 Å². The van der Waals surface area contributed by atoms with Gasteiger partial charge in [0.2, 0.25) is 0 Å². The highest BCUT2D eigenvalue weighted by Gasteiger charge is 2.53. The van der Waals surface area contributed by atoms with Crippen molar-refractivity contribution in [2.75, 3.05) is 6.54 Å². The lowest BCUT2D eigenvalue weighted by atomic mass is 9.76. The van der Waals surface area contributed by atoms with Crippen LogP contribution in [0.25, 0.3) is 0 Å². The van der Waals surface area contributed by atoms with Gasteiger partial charge < -0.3 is 10.5 Å². The number of aromatic nitrogens is 3. The summed E-state index contributed by atoms with van der Waals surface area (Å²) in [4.78, 5) is 14.4. The van der Waals surface area contributed by atoms with Gasteiger partial charge in [-0.15, -0.1) is 11.7 Å². The number of benzene rings is 1. The fraction of sp³-hybridized carbons (Fsp3) is 0.450. The second-order valence-electron chi connectivity index (χ2n) is 7.70. The van der Waals surface area contributed by atoms with Gasteiger partial charge in [-0.1, -0.05) is 29.0 Å². The molecule has 8 heteroatoms. The summed E-state index contributed by atoms with van der Waals surface area (Å²) in [6.45, 7) is 6.78. The average Bonchev–Trinajstić information content (AvgIpc) is 3.20. The molecule has 2 N–H and O–H groups in total. The van der Waals surface area contributed by atoms with Crippen molar-refractivity contribution in [3.8, 4) is 0 Å². The van der Waals surface area contributed by atoms with Crippen molar-refractivity contribution in [1.29, 1.82) is 0 Å². The normalized spacial score (nSPS) is 29.8. The van der Waals surface area contributed by atoms with E-state index in [1.165, 1.54) is 0 Å². The molecule has 148 valence electrons. The van der Waals surface area contributed by atoms with Crippen molar-refractivity contribution in [3.05, 3.63) is 58.9 Å². The number of primary amides is 1. The topological polar surface area (TPSA) is 86.3 Å². The fourth-order valence-electron chi connectivity index (χ4n) is 4.69. The van der Waals surface area contributed by atoms with Crippen LogP contribution in [0.15, 0.2) is 37.1 Å². The first-order valence-corrected chi connectivity index (χ1v) is 9.72. The smallest absolute Gasteiger partial charge is 0.251 e. The Hall–Kier alpha value is -2.22. The van der Waals surface area contributed by atoms with E-state index in [0.29, 0.717) is 17.9 Å². The van der Waals surface area contributed by atoms with Gasteiger partial charge in [0.25, 0.3) is 5.91 Å². The summed E-state index contributed by atoms with van der Waals surface area (Å²) in [7, 11) is 1.85. The number of carbonyl (C=O) groups excluding carboxylic acids is 1. The summed E-state index contributed by atoms with van der Waals surface area (Å²) in [6, 6.07) is 5.66. The van der Waals surface area contributed by atoms with Crippen molar-refractivity contribution >= 4 is 17.5 Å². The van der Waals surface area contributed by atoms with E-state index in [2.05, 4.69) is 28.7 Å². The van der Waals surface area contributed by atoms with Crippen LogP contribution in [0.3, 0.4) is 0 Å². The van der Waals surface area contributed by atoms with E-state index >= 15 is 0 Å².